The molecule has 25 heavy (non-hydrogen) atoms. The summed E-state index contributed by atoms with van der Waals surface area (Å²) in [6.07, 6.45) is 9.35. The summed E-state index contributed by atoms with van der Waals surface area (Å²) in [5.41, 5.74) is 3.30. The van der Waals surface area contributed by atoms with Gasteiger partial charge in [0.1, 0.15) is 17.5 Å². The van der Waals surface area contributed by atoms with Crippen LogP contribution in [0.4, 0.5) is 0 Å². The van der Waals surface area contributed by atoms with Crippen LogP contribution in [0.25, 0.3) is 10.9 Å². The highest BCUT2D eigenvalue weighted by atomic mass is 16.5. The molecule has 4 heteroatoms. The van der Waals surface area contributed by atoms with Gasteiger partial charge in [-0.2, -0.15) is 0 Å². The van der Waals surface area contributed by atoms with Gasteiger partial charge in [0.2, 0.25) is 0 Å². The Kier molecular flexibility index (Phi) is 4.51. The molecule has 0 saturated carbocycles. The average molecular weight is 338 g/mol. The first kappa shape index (κ1) is 16.2. The van der Waals surface area contributed by atoms with Crippen molar-refractivity contribution in [1.29, 1.82) is 0 Å². The molecule has 1 N–H and O–H groups in total. The Morgan fingerprint density at radius 1 is 1.36 bits per heavy atom. The molecule has 0 bridgehead atoms. The van der Waals surface area contributed by atoms with Crippen molar-refractivity contribution >= 4 is 16.8 Å². The Morgan fingerprint density at radius 3 is 3.08 bits per heavy atom. The van der Waals surface area contributed by atoms with E-state index in [4.69, 9.17) is 4.74 Å². The van der Waals surface area contributed by atoms with Gasteiger partial charge < -0.3 is 14.6 Å². The molecule has 0 radical (unpaired) electrons. The van der Waals surface area contributed by atoms with Crippen molar-refractivity contribution in [3.63, 3.8) is 0 Å². The first-order valence-electron chi connectivity index (χ1n) is 9.51. The smallest absolute Gasteiger partial charge is 0.267 e. The van der Waals surface area contributed by atoms with Gasteiger partial charge in [-0.25, -0.2) is 0 Å². The fourth-order valence-electron chi connectivity index (χ4n) is 3.95. The SMILES string of the molecule is CCC1Cn2c(C(=O)NCCC3=CCCCC3)cc3cccc(c32)O1. The Balaban J connectivity index is 1.52. The van der Waals surface area contributed by atoms with Crippen LogP contribution in [-0.4, -0.2) is 23.1 Å². The molecule has 1 aliphatic carbocycles. The maximum Gasteiger partial charge on any atom is 0.267 e. The minimum Gasteiger partial charge on any atom is -0.486 e. The van der Waals surface area contributed by atoms with Crippen LogP contribution in [-0.2, 0) is 6.54 Å². The lowest BCUT2D eigenvalue weighted by atomic mass is 9.97. The highest BCUT2D eigenvalue weighted by Crippen LogP contribution is 2.34. The number of rotatable bonds is 5. The normalized spacial score (nSPS) is 19.4. The van der Waals surface area contributed by atoms with Gasteiger partial charge in [-0.05, 0) is 50.7 Å². The van der Waals surface area contributed by atoms with Gasteiger partial charge in [0.05, 0.1) is 12.1 Å². The molecule has 1 unspecified atom stereocenters. The van der Waals surface area contributed by atoms with Crippen molar-refractivity contribution in [2.24, 2.45) is 0 Å². The summed E-state index contributed by atoms with van der Waals surface area (Å²) in [4.78, 5) is 12.8. The van der Waals surface area contributed by atoms with Crippen LogP contribution in [0.5, 0.6) is 5.75 Å². The van der Waals surface area contributed by atoms with Crippen LogP contribution in [0.3, 0.4) is 0 Å². The first-order valence-corrected chi connectivity index (χ1v) is 9.51. The number of aromatic nitrogens is 1. The molecule has 0 saturated heterocycles. The number of carbonyl (C=O) groups is 1. The predicted octanol–water partition coefficient (Wildman–Crippen LogP) is 4.43. The Bertz CT molecular complexity index is 819. The molecule has 1 aromatic heterocycles. The topological polar surface area (TPSA) is 43.3 Å². The van der Waals surface area contributed by atoms with Crippen molar-refractivity contribution in [2.75, 3.05) is 6.54 Å². The number of amides is 1. The number of hydrogen-bond donors (Lipinski definition) is 1. The summed E-state index contributed by atoms with van der Waals surface area (Å²) in [5, 5.41) is 4.19. The largest absolute Gasteiger partial charge is 0.486 e. The summed E-state index contributed by atoms with van der Waals surface area (Å²) in [6, 6.07) is 8.04. The third-order valence-corrected chi connectivity index (χ3v) is 5.37. The number of nitrogens with zero attached hydrogens (tertiary/aromatic N) is 1. The van der Waals surface area contributed by atoms with Gasteiger partial charge in [0.25, 0.3) is 5.91 Å². The number of ether oxygens (including phenoxy) is 1. The minimum absolute atomic E-state index is 0.0234. The fourth-order valence-corrected chi connectivity index (χ4v) is 3.95. The van der Waals surface area contributed by atoms with Gasteiger partial charge >= 0.3 is 0 Å². The highest BCUT2D eigenvalue weighted by Gasteiger charge is 2.25. The maximum atomic E-state index is 12.8. The Morgan fingerprint density at radius 2 is 2.28 bits per heavy atom. The Labute approximate surface area is 148 Å². The minimum atomic E-state index is 0.0234. The zero-order valence-electron chi connectivity index (χ0n) is 14.9. The third-order valence-electron chi connectivity index (χ3n) is 5.37. The van der Waals surface area contributed by atoms with Crippen LogP contribution in [0.2, 0.25) is 0 Å². The zero-order chi connectivity index (χ0) is 17.2. The average Bonchev–Trinajstić information content (AvgIpc) is 3.03. The number of allylic oxidation sites excluding steroid dienone is 1. The summed E-state index contributed by atoms with van der Waals surface area (Å²) >= 11 is 0. The molecule has 4 nitrogen and oxygen atoms in total. The van der Waals surface area contributed by atoms with Crippen LogP contribution in [0, 0.1) is 0 Å². The molecule has 4 rings (SSSR count). The third kappa shape index (κ3) is 3.17. The van der Waals surface area contributed by atoms with E-state index in [9.17, 15) is 4.79 Å². The van der Waals surface area contributed by atoms with Crippen molar-refractivity contribution in [3.8, 4) is 5.75 Å². The molecule has 0 spiro atoms. The van der Waals surface area contributed by atoms with Crippen molar-refractivity contribution in [1.82, 2.24) is 9.88 Å². The molecular formula is C21H26N2O2. The lowest BCUT2D eigenvalue weighted by Crippen LogP contribution is -2.32. The fraction of sp³-hybridized carbons (Fsp3) is 0.476. The second-order valence-electron chi connectivity index (χ2n) is 7.10. The number of benzene rings is 1. The van der Waals surface area contributed by atoms with E-state index >= 15 is 0 Å². The maximum absolute atomic E-state index is 12.8. The Hall–Kier alpha value is -2.23. The van der Waals surface area contributed by atoms with Crippen LogP contribution in [0.1, 0.15) is 55.9 Å². The molecule has 2 aliphatic rings. The molecule has 1 aromatic carbocycles. The lowest BCUT2D eigenvalue weighted by molar-refractivity contribution is 0.0938. The molecule has 132 valence electrons. The van der Waals surface area contributed by atoms with Crippen LogP contribution in [0.15, 0.2) is 35.9 Å². The zero-order valence-corrected chi connectivity index (χ0v) is 14.9. The van der Waals surface area contributed by atoms with Gasteiger partial charge in [-0.15, -0.1) is 0 Å². The highest BCUT2D eigenvalue weighted by molar-refractivity contribution is 6.00. The van der Waals surface area contributed by atoms with E-state index in [2.05, 4.69) is 29.0 Å². The van der Waals surface area contributed by atoms with E-state index in [1.807, 2.05) is 18.2 Å². The first-order chi connectivity index (χ1) is 12.3. The number of nitrogens with one attached hydrogen (secondary N) is 1. The molecular weight excluding hydrogens is 312 g/mol. The monoisotopic (exact) mass is 338 g/mol. The van der Waals surface area contributed by atoms with Gasteiger partial charge in [0, 0.05) is 11.9 Å². The molecule has 1 amide bonds. The second-order valence-corrected chi connectivity index (χ2v) is 7.10. The molecule has 2 aromatic rings. The number of hydrogen-bond acceptors (Lipinski definition) is 2. The lowest BCUT2D eigenvalue weighted by Gasteiger charge is -2.26. The molecule has 1 atom stereocenters. The predicted molar refractivity (Wildman–Crippen MR) is 100 cm³/mol. The summed E-state index contributed by atoms with van der Waals surface area (Å²) < 4.78 is 8.18. The van der Waals surface area contributed by atoms with E-state index in [0.717, 1.165) is 41.7 Å². The van der Waals surface area contributed by atoms with E-state index in [1.165, 1.54) is 31.3 Å². The summed E-state index contributed by atoms with van der Waals surface area (Å²) in [6.45, 7) is 3.58. The van der Waals surface area contributed by atoms with Gasteiger partial charge in [0.15, 0.2) is 0 Å². The summed E-state index contributed by atoms with van der Waals surface area (Å²) in [7, 11) is 0. The van der Waals surface area contributed by atoms with E-state index in [0.29, 0.717) is 6.54 Å². The van der Waals surface area contributed by atoms with Gasteiger partial charge in [-0.1, -0.05) is 30.7 Å². The molecule has 1 aliphatic heterocycles. The van der Waals surface area contributed by atoms with E-state index in [1.54, 1.807) is 0 Å². The summed E-state index contributed by atoms with van der Waals surface area (Å²) in [5.74, 6) is 0.914. The molecule has 2 heterocycles. The standard InChI is InChI=1S/C21H26N2O2/c1-2-17-14-23-18(13-16-9-6-10-19(25-17)20(16)23)21(24)22-12-11-15-7-4-3-5-8-15/h6-7,9-10,13,17H,2-5,8,11-12,14H2,1H3,(H,22,24). The van der Waals surface area contributed by atoms with Crippen LogP contribution < -0.4 is 10.1 Å². The van der Waals surface area contributed by atoms with Crippen molar-refractivity contribution < 1.29 is 9.53 Å². The van der Waals surface area contributed by atoms with Crippen molar-refractivity contribution in [3.05, 3.63) is 41.6 Å². The number of carbonyl (C=O) groups excluding carboxylic acids is 1. The molecule has 0 fully saturated rings. The van der Waals surface area contributed by atoms with E-state index < -0.39 is 0 Å². The van der Waals surface area contributed by atoms with Crippen LogP contribution >= 0.6 is 0 Å². The quantitative estimate of drug-likeness (QED) is 0.820. The van der Waals surface area contributed by atoms with Crippen molar-refractivity contribution in [2.45, 2.75) is 58.1 Å². The number of para-hydroxylation sites is 1. The van der Waals surface area contributed by atoms with Gasteiger partial charge in [-0.3, -0.25) is 4.79 Å². The second kappa shape index (κ2) is 6.95. The van der Waals surface area contributed by atoms with E-state index in [-0.39, 0.29) is 12.0 Å².